The molecule has 5 heteroatoms. The van der Waals surface area contributed by atoms with Crippen molar-refractivity contribution in [2.24, 2.45) is 5.92 Å². The predicted molar refractivity (Wildman–Crippen MR) is 74.7 cm³/mol. The van der Waals surface area contributed by atoms with Crippen LogP contribution in [0.1, 0.15) is 59.8 Å². The first-order valence-corrected chi connectivity index (χ1v) is 7.47. The highest BCUT2D eigenvalue weighted by Gasteiger charge is 2.38. The zero-order chi connectivity index (χ0) is 15.4. The highest BCUT2D eigenvalue weighted by atomic mass is 19.4. The smallest absolute Gasteiger partial charge is 0.373 e. The molecule has 0 aromatic carbocycles. The summed E-state index contributed by atoms with van der Waals surface area (Å²) in [5.41, 5.74) is -0.489. The van der Waals surface area contributed by atoms with Gasteiger partial charge in [-0.1, -0.05) is 19.8 Å². The van der Waals surface area contributed by atoms with Crippen molar-refractivity contribution in [3.05, 3.63) is 0 Å². The first-order valence-electron chi connectivity index (χ1n) is 7.47. The van der Waals surface area contributed by atoms with Crippen LogP contribution in [0.2, 0.25) is 0 Å². The van der Waals surface area contributed by atoms with Crippen LogP contribution in [0.15, 0.2) is 0 Å². The maximum atomic E-state index is 12.3. The van der Waals surface area contributed by atoms with Crippen LogP contribution in [0.5, 0.6) is 0 Å². The van der Waals surface area contributed by atoms with Gasteiger partial charge in [-0.3, -0.25) is 0 Å². The maximum Gasteiger partial charge on any atom is 0.391 e. The number of ether oxygens (including phenoxy) is 1. The Balaban J connectivity index is 2.59. The molecule has 1 fully saturated rings. The second-order valence-electron chi connectivity index (χ2n) is 7.20. The van der Waals surface area contributed by atoms with Gasteiger partial charge in [-0.15, -0.1) is 0 Å². The van der Waals surface area contributed by atoms with E-state index in [0.717, 1.165) is 25.7 Å². The maximum absolute atomic E-state index is 12.3. The topological polar surface area (TPSA) is 21.3 Å². The second-order valence-corrected chi connectivity index (χ2v) is 7.20. The molecule has 1 saturated carbocycles. The number of hydrogen-bond donors (Lipinski definition) is 1. The summed E-state index contributed by atoms with van der Waals surface area (Å²) in [7, 11) is 0. The molecule has 1 rings (SSSR count). The first kappa shape index (κ1) is 17.8. The monoisotopic (exact) mass is 295 g/mol. The van der Waals surface area contributed by atoms with Crippen molar-refractivity contribution >= 4 is 0 Å². The lowest BCUT2D eigenvalue weighted by Crippen LogP contribution is -2.51. The first-order chi connectivity index (χ1) is 9.02. The summed E-state index contributed by atoms with van der Waals surface area (Å²) in [6.07, 6.45) is -1.15. The Morgan fingerprint density at radius 3 is 2.40 bits per heavy atom. The summed E-state index contributed by atoms with van der Waals surface area (Å²) in [5, 5.41) is 3.39. The van der Waals surface area contributed by atoms with Crippen molar-refractivity contribution in [1.82, 2.24) is 5.32 Å². The largest absolute Gasteiger partial charge is 0.391 e. The van der Waals surface area contributed by atoms with E-state index in [1.54, 1.807) is 0 Å². The van der Waals surface area contributed by atoms with Gasteiger partial charge in [0.25, 0.3) is 0 Å². The SMILES string of the molecule is CC1CCCC(CNC(C)(C)C)(OCCC(F)(F)F)C1. The third-order valence-electron chi connectivity index (χ3n) is 3.78. The molecule has 20 heavy (non-hydrogen) atoms. The Hall–Kier alpha value is -0.290. The molecule has 0 saturated heterocycles. The molecule has 0 aliphatic heterocycles. The summed E-state index contributed by atoms with van der Waals surface area (Å²) in [6.45, 7) is 8.72. The lowest BCUT2D eigenvalue weighted by molar-refractivity contribution is -0.164. The Morgan fingerprint density at radius 2 is 1.90 bits per heavy atom. The fraction of sp³-hybridized carbons (Fsp3) is 1.00. The van der Waals surface area contributed by atoms with Crippen molar-refractivity contribution in [2.75, 3.05) is 13.2 Å². The van der Waals surface area contributed by atoms with Crippen molar-refractivity contribution in [3.8, 4) is 0 Å². The average Bonchev–Trinajstić information content (AvgIpc) is 2.24. The van der Waals surface area contributed by atoms with Crippen molar-refractivity contribution in [2.45, 2.75) is 77.1 Å². The van der Waals surface area contributed by atoms with Gasteiger partial charge in [0, 0.05) is 12.1 Å². The minimum absolute atomic E-state index is 0.0545. The lowest BCUT2D eigenvalue weighted by Gasteiger charge is -2.42. The number of rotatable bonds is 5. The van der Waals surface area contributed by atoms with Crippen LogP contribution in [-0.2, 0) is 4.74 Å². The number of halogens is 3. The standard InChI is InChI=1S/C15H28F3NO/c1-12-6-5-7-14(10-12,11-19-13(2,3)4)20-9-8-15(16,17)18/h12,19H,5-11H2,1-4H3. The van der Waals surface area contributed by atoms with Crippen LogP contribution in [0, 0.1) is 5.92 Å². The van der Waals surface area contributed by atoms with E-state index in [-0.39, 0.29) is 12.1 Å². The van der Waals surface area contributed by atoms with Gasteiger partial charge in [-0.2, -0.15) is 13.2 Å². The number of nitrogens with one attached hydrogen (secondary N) is 1. The van der Waals surface area contributed by atoms with Crippen LogP contribution in [0.4, 0.5) is 13.2 Å². The summed E-state index contributed by atoms with van der Waals surface area (Å²) in [6, 6.07) is 0. The molecule has 1 aliphatic rings. The minimum Gasteiger partial charge on any atom is -0.373 e. The molecule has 0 aromatic rings. The Morgan fingerprint density at radius 1 is 1.25 bits per heavy atom. The molecule has 2 atom stereocenters. The minimum atomic E-state index is -4.14. The lowest BCUT2D eigenvalue weighted by atomic mass is 9.78. The Bertz CT molecular complexity index is 298. The van der Waals surface area contributed by atoms with Crippen LogP contribution < -0.4 is 5.32 Å². The van der Waals surface area contributed by atoms with Gasteiger partial charge in [0.15, 0.2) is 0 Å². The van der Waals surface area contributed by atoms with E-state index in [4.69, 9.17) is 4.74 Å². The molecule has 0 amide bonds. The molecule has 2 nitrogen and oxygen atoms in total. The van der Waals surface area contributed by atoms with Crippen molar-refractivity contribution < 1.29 is 17.9 Å². The van der Waals surface area contributed by atoms with Gasteiger partial charge < -0.3 is 10.1 Å². The molecular formula is C15H28F3NO. The fourth-order valence-corrected chi connectivity index (χ4v) is 2.76. The van der Waals surface area contributed by atoms with Gasteiger partial charge >= 0.3 is 6.18 Å². The van der Waals surface area contributed by atoms with Crippen molar-refractivity contribution in [1.29, 1.82) is 0 Å². The van der Waals surface area contributed by atoms with Crippen molar-refractivity contribution in [3.63, 3.8) is 0 Å². The normalized spacial score (nSPS) is 28.6. The van der Waals surface area contributed by atoms with E-state index in [1.807, 2.05) is 0 Å². The Labute approximate surface area is 120 Å². The van der Waals surface area contributed by atoms with Gasteiger partial charge in [0.05, 0.1) is 18.6 Å². The van der Waals surface area contributed by atoms with E-state index in [9.17, 15) is 13.2 Å². The molecular weight excluding hydrogens is 267 g/mol. The molecule has 1 aliphatic carbocycles. The van der Waals surface area contributed by atoms with Gasteiger partial charge in [-0.05, 0) is 39.5 Å². The fourth-order valence-electron chi connectivity index (χ4n) is 2.76. The zero-order valence-electron chi connectivity index (χ0n) is 13.1. The van der Waals surface area contributed by atoms with Gasteiger partial charge in [-0.25, -0.2) is 0 Å². The van der Waals surface area contributed by atoms with E-state index < -0.39 is 18.2 Å². The third kappa shape index (κ3) is 6.93. The van der Waals surface area contributed by atoms with E-state index in [2.05, 4.69) is 33.0 Å². The summed E-state index contributed by atoms with van der Waals surface area (Å²) in [4.78, 5) is 0. The molecule has 0 heterocycles. The molecule has 120 valence electrons. The number of alkyl halides is 3. The van der Waals surface area contributed by atoms with Crippen LogP contribution in [-0.4, -0.2) is 30.5 Å². The Kier molecular flexibility index (Phi) is 5.90. The quantitative estimate of drug-likeness (QED) is 0.817. The van der Waals surface area contributed by atoms with E-state index >= 15 is 0 Å². The molecule has 0 radical (unpaired) electrons. The van der Waals surface area contributed by atoms with Crippen LogP contribution in [0.25, 0.3) is 0 Å². The molecule has 1 N–H and O–H groups in total. The molecule has 0 spiro atoms. The predicted octanol–water partition coefficient (Wildman–Crippen LogP) is 4.29. The summed E-state index contributed by atoms with van der Waals surface area (Å²) >= 11 is 0. The van der Waals surface area contributed by atoms with Gasteiger partial charge in [0.1, 0.15) is 0 Å². The molecule has 2 unspecified atom stereocenters. The molecule has 0 bridgehead atoms. The van der Waals surface area contributed by atoms with Crippen LogP contribution >= 0.6 is 0 Å². The summed E-state index contributed by atoms with van der Waals surface area (Å²) < 4.78 is 42.6. The summed E-state index contributed by atoms with van der Waals surface area (Å²) in [5.74, 6) is 0.511. The highest BCUT2D eigenvalue weighted by Crippen LogP contribution is 2.36. The highest BCUT2D eigenvalue weighted by molar-refractivity contribution is 4.91. The third-order valence-corrected chi connectivity index (χ3v) is 3.78. The number of hydrogen-bond acceptors (Lipinski definition) is 2. The molecule has 0 aromatic heterocycles. The van der Waals surface area contributed by atoms with Gasteiger partial charge in [0.2, 0.25) is 0 Å². The van der Waals surface area contributed by atoms with Crippen LogP contribution in [0.3, 0.4) is 0 Å². The zero-order valence-corrected chi connectivity index (χ0v) is 13.1. The average molecular weight is 295 g/mol. The van der Waals surface area contributed by atoms with E-state index in [1.165, 1.54) is 0 Å². The van der Waals surface area contributed by atoms with E-state index in [0.29, 0.717) is 12.5 Å². The second kappa shape index (κ2) is 6.65.